The van der Waals surface area contributed by atoms with Crippen molar-refractivity contribution in [2.45, 2.75) is 0 Å². The first kappa shape index (κ1) is 23.6. The van der Waals surface area contributed by atoms with Gasteiger partial charge in [0.05, 0.1) is 23.5 Å². The maximum atomic E-state index is 12.5. The molecule has 0 atom stereocenters. The van der Waals surface area contributed by atoms with Crippen LogP contribution in [0, 0.1) is 0 Å². The van der Waals surface area contributed by atoms with Crippen LogP contribution in [0.15, 0.2) is 35.6 Å². The molecule has 1 aromatic carbocycles. The van der Waals surface area contributed by atoms with E-state index in [-0.39, 0.29) is 36.4 Å². The zero-order valence-electron chi connectivity index (χ0n) is 16.1. The number of nitrogens with zero attached hydrogens (tertiary/aromatic N) is 5. The van der Waals surface area contributed by atoms with Gasteiger partial charge < -0.3 is 19.9 Å². The SMILES string of the molecule is CN=C(NCCOc1cccc(Cl)c1Cl)N1CCN(c2cnn(C)c2)C(=O)C1.I. The van der Waals surface area contributed by atoms with Gasteiger partial charge in [0.15, 0.2) is 5.96 Å². The molecule has 0 spiro atoms. The molecule has 1 aliphatic rings. The molecule has 0 saturated carbocycles. The van der Waals surface area contributed by atoms with Crippen LogP contribution in [0.5, 0.6) is 5.75 Å². The number of hydrogen-bond donors (Lipinski definition) is 1. The summed E-state index contributed by atoms with van der Waals surface area (Å²) < 4.78 is 7.34. The number of rotatable bonds is 5. The Kier molecular flexibility index (Phi) is 8.84. The molecule has 1 aliphatic heterocycles. The quantitative estimate of drug-likeness (QED) is 0.267. The average Bonchev–Trinajstić information content (AvgIpc) is 3.11. The zero-order chi connectivity index (χ0) is 20.1. The van der Waals surface area contributed by atoms with Crippen molar-refractivity contribution in [3.8, 4) is 5.75 Å². The summed E-state index contributed by atoms with van der Waals surface area (Å²) in [6.07, 6.45) is 3.53. The fraction of sp³-hybridized carbons (Fsp3) is 0.389. The van der Waals surface area contributed by atoms with Gasteiger partial charge >= 0.3 is 0 Å². The van der Waals surface area contributed by atoms with Gasteiger partial charge in [-0.1, -0.05) is 29.3 Å². The van der Waals surface area contributed by atoms with E-state index in [0.717, 1.165) is 5.69 Å². The number of amides is 1. The average molecular weight is 553 g/mol. The number of aliphatic imine (C=N–C) groups is 1. The summed E-state index contributed by atoms with van der Waals surface area (Å²) in [7, 11) is 3.52. The molecule has 1 saturated heterocycles. The summed E-state index contributed by atoms with van der Waals surface area (Å²) in [6, 6.07) is 5.25. The number of guanidine groups is 1. The van der Waals surface area contributed by atoms with E-state index in [2.05, 4.69) is 15.4 Å². The molecule has 1 N–H and O–H groups in total. The van der Waals surface area contributed by atoms with Gasteiger partial charge in [0.25, 0.3) is 0 Å². The summed E-state index contributed by atoms with van der Waals surface area (Å²) in [5.74, 6) is 1.19. The Balaban J connectivity index is 0.00000300. The molecule has 1 fully saturated rings. The summed E-state index contributed by atoms with van der Waals surface area (Å²) >= 11 is 12.1. The van der Waals surface area contributed by atoms with Crippen LogP contribution in [0.3, 0.4) is 0 Å². The molecule has 29 heavy (non-hydrogen) atoms. The first-order valence-electron chi connectivity index (χ1n) is 8.81. The molecule has 3 rings (SSSR count). The van der Waals surface area contributed by atoms with Crippen LogP contribution in [0.4, 0.5) is 5.69 Å². The molecule has 0 aliphatic carbocycles. The molecular weight excluding hydrogens is 530 g/mol. The number of benzene rings is 1. The molecule has 11 heteroatoms. The molecule has 1 aromatic heterocycles. The van der Waals surface area contributed by atoms with Crippen molar-refractivity contribution in [3.63, 3.8) is 0 Å². The molecule has 2 heterocycles. The molecule has 158 valence electrons. The minimum Gasteiger partial charge on any atom is -0.490 e. The van der Waals surface area contributed by atoms with E-state index in [1.807, 2.05) is 18.1 Å². The number of ether oxygens (including phenoxy) is 1. The van der Waals surface area contributed by atoms with Gasteiger partial charge in [0, 0.05) is 33.4 Å². The van der Waals surface area contributed by atoms with Crippen LogP contribution in [0.2, 0.25) is 10.0 Å². The number of hydrogen-bond acceptors (Lipinski definition) is 4. The summed E-state index contributed by atoms with van der Waals surface area (Å²) in [4.78, 5) is 20.5. The van der Waals surface area contributed by atoms with Crippen molar-refractivity contribution in [2.24, 2.45) is 12.0 Å². The van der Waals surface area contributed by atoms with Crippen LogP contribution < -0.4 is 15.0 Å². The summed E-state index contributed by atoms with van der Waals surface area (Å²) in [5, 5.41) is 8.18. The largest absolute Gasteiger partial charge is 0.490 e. The van der Waals surface area contributed by atoms with E-state index in [0.29, 0.717) is 48.0 Å². The molecule has 1 amide bonds. The lowest BCUT2D eigenvalue weighted by molar-refractivity contribution is -0.120. The first-order valence-corrected chi connectivity index (χ1v) is 9.56. The standard InChI is InChI=1S/C18H22Cl2N6O2.HI/c1-21-18(22-6-9-28-15-5-3-4-14(19)17(15)20)25-7-8-26(16(27)12-25)13-10-23-24(2)11-13;/h3-5,10-11H,6-9,12H2,1-2H3,(H,21,22);1H. The number of anilines is 1. The number of piperazine rings is 1. The second-order valence-electron chi connectivity index (χ2n) is 6.21. The third kappa shape index (κ3) is 5.89. The van der Waals surface area contributed by atoms with Crippen LogP contribution in [0.25, 0.3) is 0 Å². The Morgan fingerprint density at radius 1 is 1.34 bits per heavy atom. The van der Waals surface area contributed by atoms with E-state index >= 15 is 0 Å². The molecule has 2 aromatic rings. The van der Waals surface area contributed by atoms with Gasteiger partial charge in [-0.05, 0) is 12.1 Å². The number of nitrogens with one attached hydrogen (secondary N) is 1. The van der Waals surface area contributed by atoms with Gasteiger partial charge in [-0.2, -0.15) is 5.10 Å². The topological polar surface area (TPSA) is 75.0 Å². The van der Waals surface area contributed by atoms with Crippen molar-refractivity contribution < 1.29 is 9.53 Å². The number of aromatic nitrogens is 2. The van der Waals surface area contributed by atoms with Gasteiger partial charge in [-0.25, -0.2) is 0 Å². The number of aryl methyl sites for hydroxylation is 1. The van der Waals surface area contributed by atoms with Gasteiger partial charge in [-0.15, -0.1) is 24.0 Å². The summed E-state index contributed by atoms with van der Waals surface area (Å²) in [6.45, 7) is 2.37. The Morgan fingerprint density at radius 3 is 2.79 bits per heavy atom. The Bertz CT molecular complexity index is 876. The van der Waals surface area contributed by atoms with Crippen molar-refractivity contribution in [1.29, 1.82) is 0 Å². The lowest BCUT2D eigenvalue weighted by Gasteiger charge is -2.35. The van der Waals surface area contributed by atoms with Crippen LogP contribution >= 0.6 is 47.2 Å². The van der Waals surface area contributed by atoms with Crippen molar-refractivity contribution in [2.75, 3.05) is 44.7 Å². The fourth-order valence-electron chi connectivity index (χ4n) is 2.93. The monoisotopic (exact) mass is 552 g/mol. The molecule has 0 radical (unpaired) electrons. The van der Waals surface area contributed by atoms with E-state index in [9.17, 15) is 4.79 Å². The van der Waals surface area contributed by atoms with Crippen molar-refractivity contribution in [3.05, 3.63) is 40.6 Å². The highest BCUT2D eigenvalue weighted by Gasteiger charge is 2.27. The maximum Gasteiger partial charge on any atom is 0.246 e. The van der Waals surface area contributed by atoms with Crippen LogP contribution in [-0.2, 0) is 11.8 Å². The van der Waals surface area contributed by atoms with E-state index < -0.39 is 0 Å². The number of carbonyl (C=O) groups is 1. The predicted octanol–water partition coefficient (Wildman–Crippen LogP) is 2.65. The van der Waals surface area contributed by atoms with E-state index in [1.165, 1.54) is 0 Å². The molecule has 0 bridgehead atoms. The van der Waals surface area contributed by atoms with E-state index in [4.69, 9.17) is 27.9 Å². The second kappa shape index (κ2) is 10.9. The molecular formula is C18H23Cl2IN6O2. The Hall–Kier alpha value is -1.72. The lowest BCUT2D eigenvalue weighted by atomic mass is 10.3. The van der Waals surface area contributed by atoms with Crippen LogP contribution in [0.1, 0.15) is 0 Å². The third-order valence-corrected chi connectivity index (χ3v) is 5.10. The maximum absolute atomic E-state index is 12.5. The van der Waals surface area contributed by atoms with Gasteiger partial charge in [-0.3, -0.25) is 14.5 Å². The van der Waals surface area contributed by atoms with Crippen molar-refractivity contribution >= 4 is 64.7 Å². The Labute approximate surface area is 196 Å². The highest BCUT2D eigenvalue weighted by atomic mass is 127. The normalized spacial score (nSPS) is 14.6. The second-order valence-corrected chi connectivity index (χ2v) is 7.00. The highest BCUT2D eigenvalue weighted by Crippen LogP contribution is 2.31. The van der Waals surface area contributed by atoms with Crippen LogP contribution in [-0.4, -0.2) is 66.4 Å². The smallest absolute Gasteiger partial charge is 0.246 e. The van der Waals surface area contributed by atoms with Gasteiger partial charge in [0.2, 0.25) is 5.91 Å². The first-order chi connectivity index (χ1) is 13.5. The molecule has 8 nitrogen and oxygen atoms in total. The minimum absolute atomic E-state index is 0. The number of carbonyl (C=O) groups excluding carboxylic acids is 1. The van der Waals surface area contributed by atoms with Crippen molar-refractivity contribution in [1.82, 2.24) is 20.0 Å². The zero-order valence-corrected chi connectivity index (χ0v) is 20.0. The minimum atomic E-state index is 0. The third-order valence-electron chi connectivity index (χ3n) is 4.29. The van der Waals surface area contributed by atoms with Gasteiger partial charge in [0.1, 0.15) is 23.9 Å². The highest BCUT2D eigenvalue weighted by molar-refractivity contribution is 14.0. The van der Waals surface area contributed by atoms with E-state index in [1.54, 1.807) is 41.0 Å². The molecule has 0 unspecified atom stereocenters. The number of halogens is 3. The fourth-order valence-corrected chi connectivity index (χ4v) is 3.27. The summed E-state index contributed by atoms with van der Waals surface area (Å²) in [5.41, 5.74) is 0.807. The predicted molar refractivity (Wildman–Crippen MR) is 126 cm³/mol. The Morgan fingerprint density at radius 2 is 2.14 bits per heavy atom. The lowest BCUT2D eigenvalue weighted by Crippen LogP contribution is -2.55.